The summed E-state index contributed by atoms with van der Waals surface area (Å²) in [5.41, 5.74) is 0. The fourth-order valence-corrected chi connectivity index (χ4v) is 1.72. The Labute approximate surface area is 94.1 Å². The van der Waals surface area contributed by atoms with Gasteiger partial charge in [0.25, 0.3) is 0 Å². The Bertz CT molecular complexity index is 391. The largest absolute Gasteiger partial charge is 0.475 e. The highest BCUT2D eigenvalue weighted by molar-refractivity contribution is 5.83. The van der Waals surface area contributed by atoms with Gasteiger partial charge in [-0.3, -0.25) is 0 Å². The number of aromatic carboxylic acids is 1. The van der Waals surface area contributed by atoms with Crippen LogP contribution >= 0.6 is 0 Å². The van der Waals surface area contributed by atoms with Crippen LogP contribution in [0.1, 0.15) is 36.8 Å². The zero-order valence-corrected chi connectivity index (χ0v) is 9.26. The first-order valence-corrected chi connectivity index (χ1v) is 5.55. The summed E-state index contributed by atoms with van der Waals surface area (Å²) in [5.74, 6) is -0.468. The van der Waals surface area contributed by atoms with Crippen molar-refractivity contribution in [2.45, 2.75) is 32.2 Å². The first kappa shape index (κ1) is 10.9. The van der Waals surface area contributed by atoms with Crippen LogP contribution in [0.2, 0.25) is 0 Å². The summed E-state index contributed by atoms with van der Waals surface area (Å²) < 4.78 is 0. The Morgan fingerprint density at radius 2 is 2.38 bits per heavy atom. The third-order valence-electron chi connectivity index (χ3n) is 2.58. The minimum absolute atomic E-state index is 0.126. The summed E-state index contributed by atoms with van der Waals surface area (Å²) in [5, 5.41) is 8.83. The van der Waals surface area contributed by atoms with Crippen molar-refractivity contribution in [1.29, 1.82) is 0 Å². The molecule has 1 saturated carbocycles. The summed E-state index contributed by atoms with van der Waals surface area (Å²) >= 11 is 0. The van der Waals surface area contributed by atoms with Crippen LogP contribution < -0.4 is 4.90 Å². The third-order valence-corrected chi connectivity index (χ3v) is 2.58. The Balaban J connectivity index is 2.22. The molecule has 86 valence electrons. The van der Waals surface area contributed by atoms with Crippen molar-refractivity contribution in [3.8, 4) is 0 Å². The van der Waals surface area contributed by atoms with Crippen LogP contribution in [-0.2, 0) is 0 Å². The lowest BCUT2D eigenvalue weighted by Crippen LogP contribution is -2.28. The molecule has 0 aliphatic heterocycles. The highest BCUT2D eigenvalue weighted by Gasteiger charge is 2.29. The van der Waals surface area contributed by atoms with Gasteiger partial charge in [0.05, 0.1) is 0 Å². The molecular weight excluding hydrogens is 206 g/mol. The smallest absolute Gasteiger partial charge is 0.374 e. The fourth-order valence-electron chi connectivity index (χ4n) is 1.72. The summed E-state index contributed by atoms with van der Waals surface area (Å²) in [6, 6.07) is 2.32. The normalized spacial score (nSPS) is 14.8. The molecule has 2 rings (SSSR count). The van der Waals surface area contributed by atoms with Crippen molar-refractivity contribution >= 4 is 11.8 Å². The quantitative estimate of drug-likeness (QED) is 0.817. The van der Waals surface area contributed by atoms with Crippen molar-refractivity contribution in [2.75, 3.05) is 11.4 Å². The summed E-state index contributed by atoms with van der Waals surface area (Å²) in [6.07, 6.45) is 4.89. The molecule has 1 heterocycles. The molecule has 1 fully saturated rings. The van der Waals surface area contributed by atoms with Crippen LogP contribution in [0.5, 0.6) is 0 Å². The Hall–Kier alpha value is -1.65. The van der Waals surface area contributed by atoms with E-state index < -0.39 is 5.97 Å². The topological polar surface area (TPSA) is 66.3 Å². The van der Waals surface area contributed by atoms with Gasteiger partial charge in [0.1, 0.15) is 5.82 Å². The molecular formula is C11H15N3O2. The maximum atomic E-state index is 10.8. The van der Waals surface area contributed by atoms with Crippen molar-refractivity contribution in [1.82, 2.24) is 9.97 Å². The van der Waals surface area contributed by atoms with Crippen LogP contribution in [0.15, 0.2) is 12.3 Å². The van der Waals surface area contributed by atoms with E-state index in [2.05, 4.69) is 21.8 Å². The van der Waals surface area contributed by atoms with Crippen molar-refractivity contribution in [3.05, 3.63) is 18.1 Å². The number of carboxylic acid groups (broad SMARTS) is 1. The van der Waals surface area contributed by atoms with Crippen LogP contribution in [0.4, 0.5) is 5.82 Å². The van der Waals surface area contributed by atoms with E-state index in [0.29, 0.717) is 6.04 Å². The van der Waals surface area contributed by atoms with E-state index in [1.54, 1.807) is 6.07 Å². The molecule has 0 atom stereocenters. The molecule has 0 amide bonds. The van der Waals surface area contributed by atoms with E-state index in [0.717, 1.165) is 18.8 Å². The van der Waals surface area contributed by atoms with E-state index in [4.69, 9.17) is 5.11 Å². The number of aromatic nitrogens is 2. The number of nitrogens with zero attached hydrogens (tertiary/aromatic N) is 3. The lowest BCUT2D eigenvalue weighted by atomic mass is 10.3. The molecule has 0 bridgehead atoms. The first-order valence-electron chi connectivity index (χ1n) is 5.55. The lowest BCUT2D eigenvalue weighted by molar-refractivity contribution is 0.0683. The van der Waals surface area contributed by atoms with Gasteiger partial charge in [-0.15, -0.1) is 0 Å². The molecule has 1 N–H and O–H groups in total. The van der Waals surface area contributed by atoms with E-state index in [9.17, 15) is 4.79 Å². The predicted octanol–water partition coefficient (Wildman–Crippen LogP) is 1.55. The average molecular weight is 221 g/mol. The van der Waals surface area contributed by atoms with Crippen molar-refractivity contribution in [3.63, 3.8) is 0 Å². The van der Waals surface area contributed by atoms with Gasteiger partial charge >= 0.3 is 5.97 Å². The third kappa shape index (κ3) is 2.29. The molecule has 0 saturated heterocycles. The minimum atomic E-state index is -1.07. The Morgan fingerprint density at radius 3 is 2.94 bits per heavy atom. The van der Waals surface area contributed by atoms with Crippen molar-refractivity contribution in [2.24, 2.45) is 0 Å². The SMILES string of the molecule is CCCN(c1ccnc(C(=O)O)n1)C1CC1. The number of hydrogen-bond donors (Lipinski definition) is 1. The Kier molecular flexibility index (Phi) is 3.03. The van der Waals surface area contributed by atoms with Crippen LogP contribution in [0, 0.1) is 0 Å². The standard InChI is InChI=1S/C11H15N3O2/c1-2-7-14(8-3-4-8)9-5-6-12-10(13-9)11(15)16/h5-6,8H,2-4,7H2,1H3,(H,15,16). The molecule has 5 nitrogen and oxygen atoms in total. The van der Waals surface area contributed by atoms with E-state index in [-0.39, 0.29) is 5.82 Å². The zero-order chi connectivity index (χ0) is 11.5. The maximum absolute atomic E-state index is 10.8. The second-order valence-electron chi connectivity index (χ2n) is 3.97. The maximum Gasteiger partial charge on any atom is 0.374 e. The van der Waals surface area contributed by atoms with Gasteiger partial charge in [-0.2, -0.15) is 0 Å². The first-order chi connectivity index (χ1) is 7.72. The van der Waals surface area contributed by atoms with Crippen LogP contribution in [-0.4, -0.2) is 33.6 Å². The van der Waals surface area contributed by atoms with Gasteiger partial charge < -0.3 is 10.0 Å². The predicted molar refractivity (Wildman–Crippen MR) is 59.7 cm³/mol. The molecule has 0 aromatic carbocycles. The monoisotopic (exact) mass is 221 g/mol. The summed E-state index contributed by atoms with van der Waals surface area (Å²) in [4.78, 5) is 20.7. The number of hydrogen-bond acceptors (Lipinski definition) is 4. The summed E-state index contributed by atoms with van der Waals surface area (Å²) in [7, 11) is 0. The molecule has 0 spiro atoms. The molecule has 5 heteroatoms. The number of carbonyl (C=O) groups is 1. The Morgan fingerprint density at radius 1 is 1.62 bits per heavy atom. The van der Waals surface area contributed by atoms with Gasteiger partial charge in [0.15, 0.2) is 0 Å². The van der Waals surface area contributed by atoms with Gasteiger partial charge in [0.2, 0.25) is 5.82 Å². The molecule has 1 aromatic rings. The van der Waals surface area contributed by atoms with Crippen molar-refractivity contribution < 1.29 is 9.90 Å². The van der Waals surface area contributed by atoms with E-state index >= 15 is 0 Å². The van der Waals surface area contributed by atoms with Crippen LogP contribution in [0.3, 0.4) is 0 Å². The fraction of sp³-hybridized carbons (Fsp3) is 0.545. The molecule has 0 unspecified atom stereocenters. The molecule has 16 heavy (non-hydrogen) atoms. The highest BCUT2D eigenvalue weighted by Crippen LogP contribution is 2.30. The number of rotatable bonds is 5. The lowest BCUT2D eigenvalue weighted by Gasteiger charge is -2.22. The highest BCUT2D eigenvalue weighted by atomic mass is 16.4. The molecule has 0 radical (unpaired) electrons. The number of carboxylic acids is 1. The van der Waals surface area contributed by atoms with E-state index in [1.165, 1.54) is 19.0 Å². The second kappa shape index (κ2) is 4.47. The van der Waals surface area contributed by atoms with E-state index in [1.807, 2.05) is 0 Å². The zero-order valence-electron chi connectivity index (χ0n) is 9.26. The van der Waals surface area contributed by atoms with Crippen LogP contribution in [0.25, 0.3) is 0 Å². The van der Waals surface area contributed by atoms with Gasteiger partial charge in [-0.1, -0.05) is 6.92 Å². The number of anilines is 1. The van der Waals surface area contributed by atoms with Gasteiger partial charge in [0, 0.05) is 18.8 Å². The molecule has 1 aromatic heterocycles. The van der Waals surface area contributed by atoms with Gasteiger partial charge in [-0.05, 0) is 25.3 Å². The molecule has 1 aliphatic carbocycles. The average Bonchev–Trinajstić information content (AvgIpc) is 3.10. The summed E-state index contributed by atoms with van der Waals surface area (Å²) in [6.45, 7) is 3.02. The molecule has 1 aliphatic rings. The minimum Gasteiger partial charge on any atom is -0.475 e. The second-order valence-corrected chi connectivity index (χ2v) is 3.97. The van der Waals surface area contributed by atoms with Gasteiger partial charge in [-0.25, -0.2) is 14.8 Å².